The molecule has 0 saturated carbocycles. The number of ether oxygens (including phenoxy) is 2. The van der Waals surface area contributed by atoms with Gasteiger partial charge in [-0.2, -0.15) is 10.1 Å². The molecule has 8 nitrogen and oxygen atoms in total. The molecule has 0 N–H and O–H groups in total. The summed E-state index contributed by atoms with van der Waals surface area (Å²) >= 11 is 1.45. The van der Waals surface area contributed by atoms with Crippen molar-refractivity contribution < 1.29 is 14.3 Å². The molecule has 1 aliphatic heterocycles. The molecule has 1 aromatic carbocycles. The number of hydrogen-bond acceptors (Lipinski definition) is 7. The molecule has 3 heterocycles. The number of fused-ring (bicyclic) bond motifs is 1. The molecule has 1 saturated heterocycles. The highest BCUT2D eigenvalue weighted by molar-refractivity contribution is 7.20. The minimum atomic E-state index is -0.252. The molecule has 134 valence electrons. The quantitative estimate of drug-likeness (QED) is 0.686. The van der Waals surface area contributed by atoms with Crippen LogP contribution in [0.4, 0.5) is 0 Å². The molecule has 0 spiro atoms. The number of likely N-dealkylation sites (tertiary alicyclic amines) is 1. The molecule has 9 heteroatoms. The van der Waals surface area contributed by atoms with Crippen LogP contribution in [0.5, 0.6) is 10.9 Å². The summed E-state index contributed by atoms with van der Waals surface area (Å²) in [4.78, 5) is 29.8. The molecule has 26 heavy (non-hydrogen) atoms. The SMILES string of the molecule is COc1cccc2sc(OC3CN(C(=O)c4ccc(=O)n(C)n4)C3)nc12. The third-order valence-electron chi connectivity index (χ3n) is 4.16. The van der Waals surface area contributed by atoms with Gasteiger partial charge in [-0.25, -0.2) is 4.68 Å². The van der Waals surface area contributed by atoms with E-state index in [9.17, 15) is 9.59 Å². The summed E-state index contributed by atoms with van der Waals surface area (Å²) in [5, 5.41) is 4.54. The fourth-order valence-electron chi connectivity index (χ4n) is 2.72. The summed E-state index contributed by atoms with van der Waals surface area (Å²) in [5.41, 5.74) is 0.768. The largest absolute Gasteiger partial charge is 0.494 e. The second kappa shape index (κ2) is 6.41. The van der Waals surface area contributed by atoms with Gasteiger partial charge in [0, 0.05) is 13.1 Å². The number of carbonyl (C=O) groups is 1. The van der Waals surface area contributed by atoms with E-state index >= 15 is 0 Å². The molecule has 0 aliphatic carbocycles. The molecule has 0 radical (unpaired) electrons. The van der Waals surface area contributed by atoms with Gasteiger partial charge in [0.2, 0.25) is 0 Å². The smallest absolute Gasteiger partial charge is 0.274 e. The number of para-hydroxylation sites is 1. The van der Waals surface area contributed by atoms with Crippen LogP contribution in [0.3, 0.4) is 0 Å². The molecular weight excluding hydrogens is 356 g/mol. The number of methoxy groups -OCH3 is 1. The van der Waals surface area contributed by atoms with Crippen LogP contribution in [0.25, 0.3) is 10.2 Å². The minimum Gasteiger partial charge on any atom is -0.494 e. The van der Waals surface area contributed by atoms with Crippen LogP contribution in [0.15, 0.2) is 35.1 Å². The molecule has 2 aromatic heterocycles. The van der Waals surface area contributed by atoms with Gasteiger partial charge >= 0.3 is 0 Å². The van der Waals surface area contributed by atoms with Crippen molar-refractivity contribution in [1.82, 2.24) is 19.7 Å². The lowest BCUT2D eigenvalue weighted by atomic mass is 10.1. The van der Waals surface area contributed by atoms with Gasteiger partial charge in [-0.1, -0.05) is 17.4 Å². The Balaban J connectivity index is 1.41. The van der Waals surface area contributed by atoms with E-state index in [0.29, 0.717) is 24.0 Å². The van der Waals surface area contributed by atoms with Crippen LogP contribution in [0.2, 0.25) is 0 Å². The summed E-state index contributed by atoms with van der Waals surface area (Å²) in [6.45, 7) is 0.910. The Bertz CT molecular complexity index is 1040. The van der Waals surface area contributed by atoms with Crippen LogP contribution in [-0.2, 0) is 7.05 Å². The number of hydrogen-bond donors (Lipinski definition) is 0. The van der Waals surface area contributed by atoms with E-state index in [2.05, 4.69) is 10.1 Å². The first kappa shape index (κ1) is 16.5. The first-order chi connectivity index (χ1) is 12.5. The number of benzene rings is 1. The van der Waals surface area contributed by atoms with Gasteiger partial charge < -0.3 is 14.4 Å². The summed E-state index contributed by atoms with van der Waals surface area (Å²) in [5.74, 6) is 0.492. The van der Waals surface area contributed by atoms with Crippen LogP contribution in [0.1, 0.15) is 10.5 Å². The van der Waals surface area contributed by atoms with E-state index in [4.69, 9.17) is 9.47 Å². The van der Waals surface area contributed by atoms with E-state index in [1.807, 2.05) is 18.2 Å². The Morgan fingerprint density at radius 1 is 1.27 bits per heavy atom. The van der Waals surface area contributed by atoms with Crippen LogP contribution >= 0.6 is 11.3 Å². The predicted molar refractivity (Wildman–Crippen MR) is 96.0 cm³/mol. The third-order valence-corrected chi connectivity index (χ3v) is 5.08. The van der Waals surface area contributed by atoms with Gasteiger partial charge in [-0.3, -0.25) is 9.59 Å². The Kier molecular flexibility index (Phi) is 4.08. The Morgan fingerprint density at radius 2 is 2.08 bits per heavy atom. The zero-order valence-corrected chi connectivity index (χ0v) is 15.0. The number of aromatic nitrogens is 3. The van der Waals surface area contributed by atoms with Crippen molar-refractivity contribution in [2.75, 3.05) is 20.2 Å². The van der Waals surface area contributed by atoms with E-state index in [1.165, 1.54) is 30.5 Å². The number of rotatable bonds is 4. The lowest BCUT2D eigenvalue weighted by molar-refractivity contribution is 0.0171. The van der Waals surface area contributed by atoms with Gasteiger partial charge in [0.25, 0.3) is 16.7 Å². The Hall–Kier alpha value is -2.94. The van der Waals surface area contributed by atoms with Gasteiger partial charge in [-0.05, 0) is 18.2 Å². The van der Waals surface area contributed by atoms with Gasteiger partial charge in [0.15, 0.2) is 0 Å². The van der Waals surface area contributed by atoms with Crippen LogP contribution in [-0.4, -0.2) is 51.9 Å². The van der Waals surface area contributed by atoms with Crippen molar-refractivity contribution in [1.29, 1.82) is 0 Å². The minimum absolute atomic E-state index is 0.113. The molecular formula is C17H16N4O4S. The van der Waals surface area contributed by atoms with E-state index in [0.717, 1.165) is 14.9 Å². The summed E-state index contributed by atoms with van der Waals surface area (Å²) in [7, 11) is 3.13. The number of thiazole rings is 1. The van der Waals surface area contributed by atoms with Gasteiger partial charge in [-0.15, -0.1) is 0 Å². The van der Waals surface area contributed by atoms with Crippen LogP contribution < -0.4 is 15.0 Å². The molecule has 1 amide bonds. The monoisotopic (exact) mass is 372 g/mol. The van der Waals surface area contributed by atoms with Crippen LogP contribution in [0, 0.1) is 0 Å². The van der Waals surface area contributed by atoms with Crippen molar-refractivity contribution in [3.8, 4) is 10.9 Å². The number of aryl methyl sites for hydroxylation is 1. The molecule has 0 atom stereocenters. The lowest BCUT2D eigenvalue weighted by Crippen LogP contribution is -2.56. The summed E-state index contributed by atoms with van der Waals surface area (Å²) < 4.78 is 13.3. The Labute approximate surface area is 152 Å². The fraction of sp³-hybridized carbons (Fsp3) is 0.294. The first-order valence-corrected chi connectivity index (χ1v) is 8.80. The molecule has 1 fully saturated rings. The van der Waals surface area contributed by atoms with Crippen molar-refractivity contribution in [3.63, 3.8) is 0 Å². The van der Waals surface area contributed by atoms with Crippen molar-refractivity contribution in [2.45, 2.75) is 6.10 Å². The summed E-state index contributed by atoms with van der Waals surface area (Å²) in [6.07, 6.45) is -0.113. The van der Waals surface area contributed by atoms with Gasteiger partial charge in [0.05, 0.1) is 24.9 Å². The second-order valence-corrected chi connectivity index (χ2v) is 6.91. The average molecular weight is 372 g/mol. The first-order valence-electron chi connectivity index (χ1n) is 7.99. The predicted octanol–water partition coefficient (Wildman–Crippen LogP) is 1.30. The number of nitrogens with zero attached hydrogens (tertiary/aromatic N) is 4. The lowest BCUT2D eigenvalue weighted by Gasteiger charge is -2.37. The molecule has 0 unspecified atom stereocenters. The highest BCUT2D eigenvalue weighted by Crippen LogP contribution is 2.34. The fourth-order valence-corrected chi connectivity index (χ4v) is 3.62. The topological polar surface area (TPSA) is 86.5 Å². The van der Waals surface area contributed by atoms with Crippen molar-refractivity contribution in [3.05, 3.63) is 46.4 Å². The molecule has 3 aromatic rings. The molecule has 1 aliphatic rings. The number of carbonyl (C=O) groups excluding carboxylic acids is 1. The average Bonchev–Trinajstić information content (AvgIpc) is 3.02. The zero-order chi connectivity index (χ0) is 18.3. The standard InChI is InChI=1S/C17H16N4O4S/c1-20-14(22)7-6-11(19-20)16(23)21-8-10(9-21)25-17-18-15-12(24-2)4-3-5-13(15)26-17/h3-7,10H,8-9H2,1-2H3. The molecule has 4 rings (SSSR count). The highest BCUT2D eigenvalue weighted by Gasteiger charge is 2.34. The maximum absolute atomic E-state index is 12.4. The highest BCUT2D eigenvalue weighted by atomic mass is 32.1. The second-order valence-electron chi connectivity index (χ2n) is 5.92. The van der Waals surface area contributed by atoms with Crippen molar-refractivity contribution >= 4 is 27.5 Å². The molecule has 0 bridgehead atoms. The van der Waals surface area contributed by atoms with E-state index < -0.39 is 0 Å². The van der Waals surface area contributed by atoms with E-state index in [-0.39, 0.29) is 23.3 Å². The number of amides is 1. The Morgan fingerprint density at radius 3 is 2.81 bits per heavy atom. The van der Waals surface area contributed by atoms with Gasteiger partial charge in [0.1, 0.15) is 23.1 Å². The normalized spacial score (nSPS) is 14.3. The summed E-state index contributed by atoms with van der Waals surface area (Å²) in [6, 6.07) is 8.51. The maximum Gasteiger partial charge on any atom is 0.274 e. The maximum atomic E-state index is 12.4. The van der Waals surface area contributed by atoms with Crippen molar-refractivity contribution in [2.24, 2.45) is 7.05 Å². The third kappa shape index (κ3) is 2.90. The zero-order valence-electron chi connectivity index (χ0n) is 14.2. The van der Waals surface area contributed by atoms with E-state index in [1.54, 1.807) is 12.0 Å².